The van der Waals surface area contributed by atoms with Crippen molar-refractivity contribution >= 4 is 16.5 Å². The van der Waals surface area contributed by atoms with E-state index in [0.29, 0.717) is 6.04 Å². The standard InChI is InChI=1S/C16H25N5S/c1-4-21-13(3)15(12(2)19-21)11-18-14-5-8-20(9-6-14)16-17-7-10-22-16/h7,10,14,18H,4-6,8-9,11H2,1-3H3. The van der Waals surface area contributed by atoms with Crippen LogP contribution in [0.15, 0.2) is 11.6 Å². The highest BCUT2D eigenvalue weighted by Gasteiger charge is 2.21. The summed E-state index contributed by atoms with van der Waals surface area (Å²) in [7, 11) is 0. The summed E-state index contributed by atoms with van der Waals surface area (Å²) in [6, 6.07) is 0.597. The molecule has 1 N–H and O–H groups in total. The molecule has 0 bridgehead atoms. The van der Waals surface area contributed by atoms with E-state index in [0.717, 1.165) is 37.0 Å². The van der Waals surface area contributed by atoms with Crippen molar-refractivity contribution in [3.8, 4) is 0 Å². The number of nitrogens with one attached hydrogen (secondary N) is 1. The van der Waals surface area contributed by atoms with Gasteiger partial charge in [-0.1, -0.05) is 0 Å². The van der Waals surface area contributed by atoms with Gasteiger partial charge in [0.25, 0.3) is 0 Å². The van der Waals surface area contributed by atoms with E-state index in [1.165, 1.54) is 24.1 Å². The Morgan fingerprint density at radius 3 is 2.68 bits per heavy atom. The first-order valence-corrected chi connectivity index (χ1v) is 8.97. The van der Waals surface area contributed by atoms with Crippen LogP contribution in [0.25, 0.3) is 0 Å². The minimum absolute atomic E-state index is 0.597. The number of piperidine rings is 1. The van der Waals surface area contributed by atoms with Crippen LogP contribution in [-0.2, 0) is 13.1 Å². The first kappa shape index (κ1) is 15.5. The van der Waals surface area contributed by atoms with Gasteiger partial charge < -0.3 is 10.2 Å². The van der Waals surface area contributed by atoms with Gasteiger partial charge >= 0.3 is 0 Å². The molecule has 3 heterocycles. The Morgan fingerprint density at radius 1 is 1.32 bits per heavy atom. The Labute approximate surface area is 136 Å². The van der Waals surface area contributed by atoms with Crippen LogP contribution in [0.3, 0.4) is 0 Å². The quantitative estimate of drug-likeness (QED) is 0.920. The highest BCUT2D eigenvalue weighted by Crippen LogP contribution is 2.22. The van der Waals surface area contributed by atoms with Gasteiger partial charge in [-0.15, -0.1) is 11.3 Å². The second-order valence-corrected chi connectivity index (χ2v) is 6.80. The van der Waals surface area contributed by atoms with E-state index >= 15 is 0 Å². The van der Waals surface area contributed by atoms with Crippen molar-refractivity contribution in [1.29, 1.82) is 0 Å². The zero-order valence-corrected chi connectivity index (χ0v) is 14.5. The summed E-state index contributed by atoms with van der Waals surface area (Å²) in [5, 5.41) is 11.5. The van der Waals surface area contributed by atoms with Crippen LogP contribution in [-0.4, -0.2) is 33.9 Å². The highest BCUT2D eigenvalue weighted by molar-refractivity contribution is 7.13. The number of rotatable bonds is 5. The molecule has 1 aliphatic rings. The number of thiazole rings is 1. The summed E-state index contributed by atoms with van der Waals surface area (Å²) in [6.07, 6.45) is 4.25. The molecule has 0 aliphatic carbocycles. The van der Waals surface area contributed by atoms with Crippen LogP contribution >= 0.6 is 11.3 Å². The summed E-state index contributed by atoms with van der Waals surface area (Å²) in [5.74, 6) is 0. The van der Waals surface area contributed by atoms with Crippen molar-refractivity contribution in [2.45, 2.75) is 52.7 Å². The topological polar surface area (TPSA) is 46.0 Å². The third-order valence-corrected chi connectivity index (χ3v) is 5.42. The number of hydrogen-bond donors (Lipinski definition) is 1. The molecule has 1 aliphatic heterocycles. The minimum Gasteiger partial charge on any atom is -0.348 e. The lowest BCUT2D eigenvalue weighted by Crippen LogP contribution is -2.42. The molecule has 0 aromatic carbocycles. The molecule has 0 spiro atoms. The average Bonchev–Trinajstić information content (AvgIpc) is 3.15. The maximum atomic E-state index is 4.60. The molecule has 120 valence electrons. The Morgan fingerprint density at radius 2 is 2.09 bits per heavy atom. The Bertz CT molecular complexity index is 596. The van der Waals surface area contributed by atoms with Crippen molar-refractivity contribution in [2.75, 3.05) is 18.0 Å². The van der Waals surface area contributed by atoms with E-state index in [-0.39, 0.29) is 0 Å². The van der Waals surface area contributed by atoms with Crippen LogP contribution in [0, 0.1) is 13.8 Å². The van der Waals surface area contributed by atoms with Gasteiger partial charge in [-0.25, -0.2) is 4.98 Å². The van der Waals surface area contributed by atoms with E-state index in [4.69, 9.17) is 0 Å². The van der Waals surface area contributed by atoms with Gasteiger partial charge in [-0.05, 0) is 33.6 Å². The van der Waals surface area contributed by atoms with E-state index in [1.807, 2.05) is 6.20 Å². The predicted molar refractivity (Wildman–Crippen MR) is 91.6 cm³/mol. The monoisotopic (exact) mass is 319 g/mol. The summed E-state index contributed by atoms with van der Waals surface area (Å²) >= 11 is 1.73. The molecule has 0 atom stereocenters. The van der Waals surface area contributed by atoms with Crippen molar-refractivity contribution in [3.05, 3.63) is 28.5 Å². The molecule has 0 amide bonds. The zero-order valence-electron chi connectivity index (χ0n) is 13.7. The molecular formula is C16H25N5S. The van der Waals surface area contributed by atoms with Crippen LogP contribution in [0.5, 0.6) is 0 Å². The first-order chi connectivity index (χ1) is 10.7. The van der Waals surface area contributed by atoms with Gasteiger partial charge in [0.2, 0.25) is 0 Å². The fourth-order valence-electron chi connectivity index (χ4n) is 3.19. The molecule has 3 rings (SSSR count). The number of nitrogens with zero attached hydrogens (tertiary/aromatic N) is 4. The minimum atomic E-state index is 0.597. The molecule has 2 aromatic heterocycles. The van der Waals surface area contributed by atoms with Crippen LogP contribution in [0.4, 0.5) is 5.13 Å². The summed E-state index contributed by atoms with van der Waals surface area (Å²) in [6.45, 7) is 10.5. The fourth-order valence-corrected chi connectivity index (χ4v) is 3.89. The van der Waals surface area contributed by atoms with Crippen molar-refractivity contribution in [2.24, 2.45) is 0 Å². The third-order valence-electron chi connectivity index (χ3n) is 4.58. The molecule has 2 aromatic rings. The van der Waals surface area contributed by atoms with Gasteiger partial charge in [-0.3, -0.25) is 4.68 Å². The van der Waals surface area contributed by atoms with Gasteiger partial charge in [-0.2, -0.15) is 5.10 Å². The Kier molecular flexibility index (Phi) is 4.78. The highest BCUT2D eigenvalue weighted by atomic mass is 32.1. The Hall–Kier alpha value is -1.40. The largest absolute Gasteiger partial charge is 0.348 e. The van der Waals surface area contributed by atoms with Crippen LogP contribution in [0.1, 0.15) is 36.7 Å². The molecule has 22 heavy (non-hydrogen) atoms. The van der Waals surface area contributed by atoms with Crippen LogP contribution in [0.2, 0.25) is 0 Å². The number of hydrogen-bond acceptors (Lipinski definition) is 5. The van der Waals surface area contributed by atoms with Gasteiger partial charge in [0.15, 0.2) is 5.13 Å². The van der Waals surface area contributed by atoms with Gasteiger partial charge in [0, 0.05) is 55.1 Å². The first-order valence-electron chi connectivity index (χ1n) is 8.09. The lowest BCUT2D eigenvalue weighted by molar-refractivity contribution is 0.413. The van der Waals surface area contributed by atoms with Crippen molar-refractivity contribution in [3.63, 3.8) is 0 Å². The second-order valence-electron chi connectivity index (χ2n) is 5.92. The van der Waals surface area contributed by atoms with Crippen molar-refractivity contribution < 1.29 is 0 Å². The second kappa shape index (κ2) is 6.79. The molecule has 6 heteroatoms. The molecular weight excluding hydrogens is 294 g/mol. The average molecular weight is 319 g/mol. The van der Waals surface area contributed by atoms with Crippen molar-refractivity contribution in [1.82, 2.24) is 20.1 Å². The number of aryl methyl sites for hydroxylation is 2. The maximum absolute atomic E-state index is 4.60. The SMILES string of the molecule is CCn1nc(C)c(CNC2CCN(c3nccs3)CC2)c1C. The van der Waals surface area contributed by atoms with E-state index in [9.17, 15) is 0 Å². The maximum Gasteiger partial charge on any atom is 0.185 e. The van der Waals surface area contributed by atoms with Crippen LogP contribution < -0.4 is 10.2 Å². The lowest BCUT2D eigenvalue weighted by atomic mass is 10.0. The summed E-state index contributed by atoms with van der Waals surface area (Å²) in [4.78, 5) is 6.80. The summed E-state index contributed by atoms with van der Waals surface area (Å²) < 4.78 is 2.09. The normalized spacial score (nSPS) is 16.4. The molecule has 5 nitrogen and oxygen atoms in total. The van der Waals surface area contributed by atoms with E-state index < -0.39 is 0 Å². The molecule has 0 unspecified atom stereocenters. The van der Waals surface area contributed by atoms with Gasteiger partial charge in [0.1, 0.15) is 0 Å². The summed E-state index contributed by atoms with van der Waals surface area (Å²) in [5.41, 5.74) is 3.82. The number of aromatic nitrogens is 3. The Balaban J connectivity index is 1.52. The predicted octanol–water partition coefficient (Wildman–Crippen LogP) is 2.73. The zero-order chi connectivity index (χ0) is 15.5. The molecule has 0 radical (unpaired) electrons. The van der Waals surface area contributed by atoms with E-state index in [2.05, 4.69) is 51.1 Å². The lowest BCUT2D eigenvalue weighted by Gasteiger charge is -2.32. The molecule has 1 saturated heterocycles. The number of anilines is 1. The fraction of sp³-hybridized carbons (Fsp3) is 0.625. The third kappa shape index (κ3) is 3.17. The molecule has 0 saturated carbocycles. The molecule has 1 fully saturated rings. The smallest absolute Gasteiger partial charge is 0.185 e. The van der Waals surface area contributed by atoms with Gasteiger partial charge in [0.05, 0.1) is 5.69 Å². The van der Waals surface area contributed by atoms with E-state index in [1.54, 1.807) is 11.3 Å².